The Morgan fingerprint density at radius 3 is 0.946 bits per heavy atom. The van der Waals surface area contributed by atoms with Crippen LogP contribution in [0.4, 0.5) is 35.1 Å². The zero-order chi connectivity index (χ0) is 57.6. The Morgan fingerprint density at radius 2 is 0.703 bits per heavy atom. The van der Waals surface area contributed by atoms with Crippen molar-refractivity contribution in [3.63, 3.8) is 0 Å². The SMILES string of the molecule is O=C(OCC(F)(F)C(F)F)C1COS(=O)(=O)CS(=O)(=O)O1.O=C(OCC(F)(F)F)C1COS(=O)(=O)CS(=O)(=O)O1.O=C(OCCCl)C1COS(=O)(=O)CS(=O)(=O)O1.O=C(OCCF)C1COS(=O)(=O)CS(=O)(=O)O1. The van der Waals surface area contributed by atoms with Crippen molar-refractivity contribution in [3.8, 4) is 0 Å². The third-order valence-electron chi connectivity index (χ3n) is 6.60. The van der Waals surface area contributed by atoms with Gasteiger partial charge in [-0.15, -0.1) is 11.6 Å². The lowest BCUT2D eigenvalue weighted by Crippen LogP contribution is -2.38. The van der Waals surface area contributed by atoms with Crippen LogP contribution in [0.2, 0.25) is 0 Å². The van der Waals surface area contributed by atoms with E-state index in [0.29, 0.717) is 0 Å². The summed E-state index contributed by atoms with van der Waals surface area (Å²) in [4.78, 5) is 44.8. The minimum Gasteiger partial charge on any atom is -0.462 e. The molecule has 0 aromatic rings. The van der Waals surface area contributed by atoms with Crippen molar-refractivity contribution in [1.29, 1.82) is 0 Å². The van der Waals surface area contributed by atoms with Crippen LogP contribution in [0.25, 0.3) is 0 Å². The highest BCUT2D eigenvalue weighted by Crippen LogP contribution is 2.24. The van der Waals surface area contributed by atoms with Gasteiger partial charge in [-0.1, -0.05) is 0 Å². The fraction of sp³-hybridized carbons (Fsp3) is 0.840. The molecule has 4 aliphatic rings. The van der Waals surface area contributed by atoms with Gasteiger partial charge >= 0.3 is 42.4 Å². The first-order valence-electron chi connectivity index (χ1n) is 17.9. The summed E-state index contributed by atoms with van der Waals surface area (Å²) in [7, 11) is -35.8. The smallest absolute Gasteiger partial charge is 0.422 e. The van der Waals surface area contributed by atoms with Crippen LogP contribution in [0.1, 0.15) is 0 Å². The van der Waals surface area contributed by atoms with Gasteiger partial charge in [0, 0.05) is 0 Å². The summed E-state index contributed by atoms with van der Waals surface area (Å²) >= 11 is 5.25. The number of carbonyl (C=O) groups excluding carboxylic acids is 4. The molecule has 0 aromatic heterocycles. The zero-order valence-corrected chi connectivity index (χ0v) is 42.8. The molecule has 0 spiro atoms. The number of alkyl halides is 9. The Hall–Kier alpha value is -3.11. The van der Waals surface area contributed by atoms with Crippen LogP contribution in [-0.2, 0) is 153 Å². The summed E-state index contributed by atoms with van der Waals surface area (Å²) in [6.07, 6.45) is -16.6. The third-order valence-corrected chi connectivity index (χ3v) is 20.1. The van der Waals surface area contributed by atoms with Gasteiger partial charge in [0.05, 0.1) is 5.88 Å². The lowest BCUT2D eigenvalue weighted by molar-refractivity contribution is -0.191. The Balaban J connectivity index is 0.000000495. The Labute approximate surface area is 417 Å². The van der Waals surface area contributed by atoms with E-state index in [1.54, 1.807) is 0 Å². The molecule has 4 atom stereocenters. The Kier molecular flexibility index (Phi) is 25.6. The lowest BCUT2D eigenvalue weighted by Gasteiger charge is -2.17. The molecule has 436 valence electrons. The average Bonchev–Trinajstić information content (AvgIpc) is 3.54. The van der Waals surface area contributed by atoms with E-state index < -0.39 is 221 Å². The van der Waals surface area contributed by atoms with Gasteiger partial charge in [0.25, 0.3) is 80.9 Å². The van der Waals surface area contributed by atoms with Crippen molar-refractivity contribution in [2.24, 2.45) is 0 Å². The van der Waals surface area contributed by atoms with E-state index in [1.807, 2.05) is 0 Å². The van der Waals surface area contributed by atoms with E-state index in [-0.39, 0.29) is 12.5 Å². The molecule has 4 unspecified atom stereocenters. The summed E-state index contributed by atoms with van der Waals surface area (Å²) < 4.78 is 322. The second-order valence-corrected chi connectivity index (χ2v) is 27.8. The quantitative estimate of drug-likeness (QED) is 0.0589. The molecule has 4 fully saturated rings. The first kappa shape index (κ1) is 68.9. The first-order chi connectivity index (χ1) is 33.3. The van der Waals surface area contributed by atoms with E-state index in [1.165, 1.54) is 0 Å². The number of rotatable bonds is 12. The second-order valence-electron chi connectivity index (χ2n) is 13.0. The zero-order valence-electron chi connectivity index (χ0n) is 35.5. The van der Waals surface area contributed by atoms with Crippen LogP contribution in [-0.4, -0.2) is 220 Å². The van der Waals surface area contributed by atoms with Gasteiger partial charge in [-0.25, -0.2) is 32.3 Å². The summed E-state index contributed by atoms with van der Waals surface area (Å²) in [6, 6.07) is 0. The van der Waals surface area contributed by atoms with Crippen LogP contribution in [0.15, 0.2) is 0 Å². The monoisotopic (exact) mass is 1290 g/mol. The van der Waals surface area contributed by atoms with Gasteiger partial charge in [-0.2, -0.15) is 89.3 Å². The normalized spacial score (nSPS) is 26.4. The maximum absolute atomic E-state index is 12.5. The molecule has 0 radical (unpaired) electrons. The predicted octanol–water partition coefficient (Wildman–Crippen LogP) is -4.08. The van der Waals surface area contributed by atoms with Gasteiger partial charge in [0.1, 0.15) is 46.3 Å². The molecule has 0 saturated carbocycles. The molecule has 49 heteroatoms. The molecule has 4 heterocycles. The molecule has 0 amide bonds. The van der Waals surface area contributed by atoms with Crippen molar-refractivity contribution in [2.45, 2.75) is 42.9 Å². The van der Waals surface area contributed by atoms with Crippen molar-refractivity contribution >= 4 is 116 Å². The molecular weight excluding hydrogens is 1260 g/mol. The van der Waals surface area contributed by atoms with Crippen molar-refractivity contribution in [3.05, 3.63) is 0 Å². The molecule has 32 nitrogen and oxygen atoms in total. The fourth-order valence-corrected chi connectivity index (χ4v) is 14.9. The molecule has 4 saturated heterocycles. The van der Waals surface area contributed by atoms with Crippen molar-refractivity contribution in [2.75, 3.05) is 85.7 Å². The van der Waals surface area contributed by atoms with Gasteiger partial charge in [-0.05, 0) is 0 Å². The van der Waals surface area contributed by atoms with E-state index in [4.69, 9.17) is 11.6 Å². The predicted molar refractivity (Wildman–Crippen MR) is 212 cm³/mol. The number of esters is 4. The fourth-order valence-electron chi connectivity index (χ4n) is 3.90. The first-order valence-corrected chi connectivity index (χ1v) is 31.0. The Morgan fingerprint density at radius 1 is 0.446 bits per heavy atom. The second kappa shape index (κ2) is 27.5. The van der Waals surface area contributed by atoms with Crippen molar-refractivity contribution < 1.29 is 174 Å². The lowest BCUT2D eigenvalue weighted by atomic mass is 10.3. The maximum atomic E-state index is 12.5. The molecule has 74 heavy (non-hydrogen) atoms. The summed E-state index contributed by atoms with van der Waals surface area (Å²) in [5.74, 6) is -10.4. The minimum atomic E-state index is -4.81. The Bertz CT molecular complexity index is 2810. The van der Waals surface area contributed by atoms with Crippen molar-refractivity contribution in [1.82, 2.24) is 0 Å². The summed E-state index contributed by atoms with van der Waals surface area (Å²) in [5, 5.41) is -5.84. The largest absolute Gasteiger partial charge is 0.462 e. The van der Waals surface area contributed by atoms with Gasteiger partial charge in [0.15, 0.2) is 37.6 Å². The molecule has 4 rings (SSSR count). The number of ether oxygens (including phenoxy) is 4. The summed E-state index contributed by atoms with van der Waals surface area (Å²) in [5.41, 5.74) is 0. The maximum Gasteiger partial charge on any atom is 0.422 e. The molecule has 0 bridgehead atoms. The highest BCUT2D eigenvalue weighted by molar-refractivity contribution is 8.05. The highest BCUT2D eigenvalue weighted by Gasteiger charge is 2.45. The van der Waals surface area contributed by atoms with Gasteiger partial charge in [0.2, 0.25) is 20.3 Å². The molecule has 0 N–H and O–H groups in total. The number of hydrogen-bond acceptors (Lipinski definition) is 32. The third kappa shape index (κ3) is 27.8. The van der Waals surface area contributed by atoms with E-state index in [2.05, 4.69) is 52.4 Å². The van der Waals surface area contributed by atoms with Gasteiger partial charge in [-0.3, -0.25) is 33.5 Å². The standard InChI is InChI=1S/C7H8F4O8S2.C6H9ClO8S2.C6H7F3O8S2.C6H9FO8S2/c8-6(9)7(10,11)2-17-5(12)4-1-18-20(13,14)3-21(15,16)19-4;7-1-2-13-6(8)5-3-14-16(9,10)4-17(11,12)15-5;7-6(8,9)2-15-5(10)4-1-16-18(11,12)3-19(13,14)17-4;7-1-2-13-6(8)5-3-14-16(9,10)4-17(11,12)15-5/h4,6H,1-3H2;5H,1-4H2;4H,1-3H2;5H,1-4H2. The average molecular weight is 1290 g/mol. The minimum absolute atomic E-state index is 0.0182. The van der Waals surface area contributed by atoms with Gasteiger partial charge < -0.3 is 18.9 Å². The molecule has 0 aromatic carbocycles. The number of hydrogen-bond donors (Lipinski definition) is 0. The highest BCUT2D eigenvalue weighted by atomic mass is 35.5. The number of carbonyl (C=O) groups is 4. The van der Waals surface area contributed by atoms with Crippen LogP contribution in [0.5, 0.6) is 0 Å². The number of halogens is 9. The van der Waals surface area contributed by atoms with Crippen LogP contribution < -0.4 is 0 Å². The van der Waals surface area contributed by atoms with E-state index in [0.717, 1.165) is 0 Å². The summed E-state index contributed by atoms with van der Waals surface area (Å²) in [6.45, 7) is -9.48. The molecule has 0 aliphatic carbocycles. The van der Waals surface area contributed by atoms with Crippen LogP contribution >= 0.6 is 11.6 Å². The van der Waals surface area contributed by atoms with Crippen LogP contribution in [0, 0.1) is 0 Å². The topological polar surface area (TPSA) is 452 Å². The molecular formula is C25H33ClF8O32S8. The van der Waals surface area contributed by atoms with Crippen LogP contribution in [0.3, 0.4) is 0 Å². The van der Waals surface area contributed by atoms with E-state index >= 15 is 0 Å². The van der Waals surface area contributed by atoms with E-state index in [9.17, 15) is 122 Å². The molecule has 4 aliphatic heterocycles.